The van der Waals surface area contributed by atoms with E-state index in [0.29, 0.717) is 32.0 Å². The molecule has 0 saturated carbocycles. The molecule has 0 aliphatic rings. The van der Waals surface area contributed by atoms with Gasteiger partial charge in [0.15, 0.2) is 0 Å². The van der Waals surface area contributed by atoms with E-state index in [4.69, 9.17) is 13.1 Å². The van der Waals surface area contributed by atoms with E-state index in [1.807, 2.05) is 61.5 Å². The van der Waals surface area contributed by atoms with E-state index in [2.05, 4.69) is 9.69 Å². The Bertz CT molecular complexity index is 1300. The molecule has 0 unspecified atom stereocenters. The van der Waals surface area contributed by atoms with Gasteiger partial charge in [-0.1, -0.05) is 48.0 Å². The largest absolute Gasteiger partial charge is 0.270 e. The highest BCUT2D eigenvalue weighted by molar-refractivity contribution is 6.04. The first-order valence-corrected chi connectivity index (χ1v) is 7.41. The van der Waals surface area contributed by atoms with Gasteiger partial charge in [-0.25, -0.2) is 20.2 Å². The monoisotopic (exact) mass is 318 g/mol. The van der Waals surface area contributed by atoms with Crippen LogP contribution in [0.1, 0.15) is 5.56 Å². The summed E-state index contributed by atoms with van der Waals surface area (Å²) < 4.78 is 0. The highest BCUT2D eigenvalue weighted by Crippen LogP contribution is 2.18. The fourth-order valence-corrected chi connectivity index (χ4v) is 3.08. The van der Waals surface area contributed by atoms with Gasteiger partial charge in [-0.3, -0.25) is 0 Å². The Morgan fingerprint density at radius 1 is 0.800 bits per heavy atom. The summed E-state index contributed by atoms with van der Waals surface area (Å²) in [6, 6.07) is 16.9. The number of hydrogen-bond donors (Lipinski definition) is 0. The number of benzene rings is 3. The molecule has 3 aromatic carbocycles. The average Bonchev–Trinajstić information content (AvgIpc) is 2.64. The molecular weight excluding hydrogens is 308 g/mol. The van der Waals surface area contributed by atoms with Crippen molar-refractivity contribution in [2.75, 3.05) is 0 Å². The van der Waals surface area contributed by atoms with Gasteiger partial charge < -0.3 is 0 Å². The molecule has 4 nitrogen and oxygen atoms in total. The molecule has 3 rings (SSSR count). The van der Waals surface area contributed by atoms with Crippen LogP contribution in [0.2, 0.25) is 0 Å². The maximum atomic E-state index is 9.43. The Morgan fingerprint density at radius 3 is 1.76 bits per heavy atom. The lowest BCUT2D eigenvalue weighted by Gasteiger charge is -2.09. The van der Waals surface area contributed by atoms with Gasteiger partial charge in [0.25, 0.3) is 11.4 Å². The smallest absolute Gasteiger partial charge is 0.226 e. The second-order valence-electron chi connectivity index (χ2n) is 5.49. The molecule has 0 aromatic heterocycles. The van der Waals surface area contributed by atoms with Crippen molar-refractivity contribution < 1.29 is 0 Å². The Hall–Kier alpha value is -4.12. The van der Waals surface area contributed by atoms with Crippen LogP contribution < -0.4 is 10.4 Å². The molecule has 0 amide bonds. The van der Waals surface area contributed by atoms with Gasteiger partial charge in [-0.05, 0) is 28.5 Å². The summed E-state index contributed by atoms with van der Waals surface area (Å²) >= 11 is 0. The fourth-order valence-electron chi connectivity index (χ4n) is 3.08. The van der Waals surface area contributed by atoms with E-state index in [9.17, 15) is 10.5 Å². The van der Waals surface area contributed by atoms with Crippen LogP contribution in [-0.4, -0.2) is 0 Å². The Kier molecular flexibility index (Phi) is 3.89. The van der Waals surface area contributed by atoms with Crippen LogP contribution in [0.5, 0.6) is 0 Å². The zero-order valence-electron chi connectivity index (χ0n) is 13.3. The minimum absolute atomic E-state index is 0.000306. The molecule has 0 atom stereocenters. The number of nitriles is 2. The second kappa shape index (κ2) is 6.17. The number of aryl methyl sites for hydroxylation is 1. The lowest BCUT2D eigenvalue weighted by atomic mass is 9.95. The quantitative estimate of drug-likeness (QED) is 0.471. The normalized spacial score (nSPS) is 12.5. The molecule has 4 heteroatoms. The number of nitrogens with zero attached hydrogens (tertiary/aromatic N) is 4. The summed E-state index contributed by atoms with van der Waals surface area (Å²) in [5.74, 6) is 0. The predicted molar refractivity (Wildman–Crippen MR) is 96.7 cm³/mol. The molecule has 25 heavy (non-hydrogen) atoms. The van der Waals surface area contributed by atoms with Crippen LogP contribution in [0.15, 0.2) is 42.5 Å². The van der Waals surface area contributed by atoms with Gasteiger partial charge in [-0.15, -0.1) is 0 Å². The van der Waals surface area contributed by atoms with Crippen LogP contribution in [0.25, 0.3) is 42.6 Å². The Labute approximate surface area is 144 Å². The highest BCUT2D eigenvalue weighted by Gasteiger charge is 2.12. The lowest BCUT2D eigenvalue weighted by Crippen LogP contribution is -2.18. The molecule has 0 saturated heterocycles. The molecule has 114 valence electrons. The van der Waals surface area contributed by atoms with Gasteiger partial charge in [0.1, 0.15) is 0 Å². The van der Waals surface area contributed by atoms with E-state index in [1.54, 1.807) is 0 Å². The van der Waals surface area contributed by atoms with Crippen LogP contribution in [0.4, 0.5) is 0 Å². The molecule has 0 aliphatic heterocycles. The molecule has 0 aliphatic carbocycles. The zero-order valence-corrected chi connectivity index (χ0v) is 13.3. The first kappa shape index (κ1) is 15.8. The standard InChI is InChI=1S/C21H10N4/c1-13-8-9-16-17(10-13)21(19(12-23)25-3)15-7-5-4-6-14(15)20(16)18(11-22)24-2/h4-10H,1H3/b20-18+,21-19+. The molecule has 0 radical (unpaired) electrons. The summed E-state index contributed by atoms with van der Waals surface area (Å²) in [6.07, 6.45) is 0. The van der Waals surface area contributed by atoms with Crippen molar-refractivity contribution in [3.05, 3.63) is 81.3 Å². The molecule has 0 bridgehead atoms. The first-order valence-electron chi connectivity index (χ1n) is 7.41. The number of fused-ring (bicyclic) bond motifs is 2. The van der Waals surface area contributed by atoms with Crippen molar-refractivity contribution in [2.24, 2.45) is 0 Å². The molecule has 0 fully saturated rings. The number of rotatable bonds is 0. The van der Waals surface area contributed by atoms with Crippen molar-refractivity contribution in [3.8, 4) is 12.1 Å². The molecule has 3 aromatic rings. The van der Waals surface area contributed by atoms with E-state index >= 15 is 0 Å². The first-order chi connectivity index (χ1) is 12.2. The molecular formula is C21H10N4. The van der Waals surface area contributed by atoms with Crippen LogP contribution in [-0.2, 0) is 0 Å². The lowest BCUT2D eigenvalue weighted by molar-refractivity contribution is 1.49. The summed E-state index contributed by atoms with van der Waals surface area (Å²) in [5, 5.41) is 22.7. The maximum Gasteiger partial charge on any atom is 0.270 e. The molecule has 0 N–H and O–H groups in total. The van der Waals surface area contributed by atoms with Crippen molar-refractivity contribution in [2.45, 2.75) is 6.92 Å². The van der Waals surface area contributed by atoms with Crippen molar-refractivity contribution in [1.29, 1.82) is 10.5 Å². The third-order valence-corrected chi connectivity index (χ3v) is 4.09. The van der Waals surface area contributed by atoms with E-state index in [1.165, 1.54) is 0 Å². The third kappa shape index (κ3) is 2.36. The molecule has 0 spiro atoms. The van der Waals surface area contributed by atoms with Crippen molar-refractivity contribution >= 4 is 32.9 Å². The second-order valence-corrected chi connectivity index (χ2v) is 5.49. The summed E-state index contributed by atoms with van der Waals surface area (Å²) in [5.41, 5.74) is 0.969. The Morgan fingerprint density at radius 2 is 1.28 bits per heavy atom. The van der Waals surface area contributed by atoms with Crippen LogP contribution >= 0.6 is 0 Å². The van der Waals surface area contributed by atoms with E-state index in [-0.39, 0.29) is 11.4 Å². The summed E-state index contributed by atoms with van der Waals surface area (Å²) in [7, 11) is 0. The maximum absolute atomic E-state index is 9.43. The number of hydrogen-bond acceptors (Lipinski definition) is 2. The third-order valence-electron chi connectivity index (χ3n) is 4.09. The molecule has 0 heterocycles. The van der Waals surface area contributed by atoms with Crippen LogP contribution in [0, 0.1) is 42.7 Å². The van der Waals surface area contributed by atoms with E-state index in [0.717, 1.165) is 5.56 Å². The van der Waals surface area contributed by atoms with Gasteiger partial charge in [-0.2, -0.15) is 0 Å². The summed E-state index contributed by atoms with van der Waals surface area (Å²) in [6.45, 7) is 16.7. The predicted octanol–water partition coefficient (Wildman–Crippen LogP) is 3.40. The summed E-state index contributed by atoms with van der Waals surface area (Å²) in [4.78, 5) is 6.78. The fraction of sp³-hybridized carbons (Fsp3) is 0.0476. The van der Waals surface area contributed by atoms with Crippen molar-refractivity contribution in [1.82, 2.24) is 0 Å². The Balaban J connectivity index is 2.96. The van der Waals surface area contributed by atoms with Crippen LogP contribution in [0.3, 0.4) is 0 Å². The minimum atomic E-state index is -0.00192. The SMILES string of the molecule is [C-]#[N+]/C(C#N)=c1\c2ccccc2/c(=C(/C#N)[N+]#[C-])c2cc(C)ccc12. The zero-order chi connectivity index (χ0) is 18.0. The van der Waals surface area contributed by atoms with E-state index < -0.39 is 0 Å². The van der Waals surface area contributed by atoms with Gasteiger partial charge >= 0.3 is 0 Å². The minimum Gasteiger partial charge on any atom is -0.226 e. The van der Waals surface area contributed by atoms with Gasteiger partial charge in [0.05, 0.1) is 25.3 Å². The van der Waals surface area contributed by atoms with Crippen molar-refractivity contribution in [3.63, 3.8) is 0 Å². The van der Waals surface area contributed by atoms with Gasteiger partial charge in [0.2, 0.25) is 0 Å². The van der Waals surface area contributed by atoms with Gasteiger partial charge in [0, 0.05) is 10.4 Å². The topological polar surface area (TPSA) is 56.3 Å². The average molecular weight is 318 g/mol. The highest BCUT2D eigenvalue weighted by atomic mass is 14.7.